The van der Waals surface area contributed by atoms with Gasteiger partial charge in [-0.1, -0.05) is 15.9 Å². The molecule has 7 heteroatoms. The van der Waals surface area contributed by atoms with Crippen molar-refractivity contribution in [1.82, 2.24) is 9.97 Å². The van der Waals surface area contributed by atoms with Crippen LogP contribution >= 0.6 is 15.9 Å². The summed E-state index contributed by atoms with van der Waals surface area (Å²) in [7, 11) is 0. The third-order valence-electron chi connectivity index (χ3n) is 4.66. The third-order valence-corrected chi connectivity index (χ3v) is 5.16. The molecule has 29 heavy (non-hydrogen) atoms. The molecule has 2 heterocycles. The summed E-state index contributed by atoms with van der Waals surface area (Å²) >= 11 is 3.47. The van der Waals surface area contributed by atoms with E-state index in [0.29, 0.717) is 36.0 Å². The lowest BCUT2D eigenvalue weighted by Gasteiger charge is -2.18. The maximum absolute atomic E-state index is 12.6. The van der Waals surface area contributed by atoms with Gasteiger partial charge in [0.2, 0.25) is 0 Å². The summed E-state index contributed by atoms with van der Waals surface area (Å²) in [6.45, 7) is 1.01. The zero-order valence-corrected chi connectivity index (χ0v) is 16.8. The standard InChI is InChI=1S/C22H16BrN3O3/c23-15-4-7-17-18(12-15)26-21(25-17)13-1-5-16(6-2-13)24-22(27)14-3-8-19-20(11-14)29-10-9-28-19/h1-8,11-12H,9-10H2,(H,24,27)(H,25,26). The van der Waals surface area contributed by atoms with E-state index >= 15 is 0 Å². The molecule has 1 amide bonds. The maximum Gasteiger partial charge on any atom is 0.255 e. The first-order valence-electron chi connectivity index (χ1n) is 9.12. The van der Waals surface area contributed by atoms with Gasteiger partial charge in [-0.05, 0) is 60.7 Å². The Kier molecular flexibility index (Phi) is 4.44. The fourth-order valence-corrected chi connectivity index (χ4v) is 3.58. The molecule has 1 aliphatic heterocycles. The largest absolute Gasteiger partial charge is 0.486 e. The number of benzene rings is 3. The maximum atomic E-state index is 12.6. The van der Waals surface area contributed by atoms with Gasteiger partial charge in [0.1, 0.15) is 19.0 Å². The Balaban J connectivity index is 1.34. The summed E-state index contributed by atoms with van der Waals surface area (Å²) in [5.41, 5.74) is 4.02. The number of hydrogen-bond acceptors (Lipinski definition) is 4. The predicted molar refractivity (Wildman–Crippen MR) is 115 cm³/mol. The Hall–Kier alpha value is -3.32. The average molecular weight is 450 g/mol. The molecular formula is C22H16BrN3O3. The van der Waals surface area contributed by atoms with E-state index in [0.717, 1.165) is 26.9 Å². The summed E-state index contributed by atoms with van der Waals surface area (Å²) in [6.07, 6.45) is 0. The van der Waals surface area contributed by atoms with Crippen molar-refractivity contribution < 1.29 is 14.3 Å². The number of imidazole rings is 1. The monoisotopic (exact) mass is 449 g/mol. The molecule has 5 rings (SSSR count). The number of anilines is 1. The van der Waals surface area contributed by atoms with Crippen LogP contribution in [0.4, 0.5) is 5.69 Å². The Morgan fingerprint density at radius 2 is 1.76 bits per heavy atom. The minimum Gasteiger partial charge on any atom is -0.486 e. The van der Waals surface area contributed by atoms with Gasteiger partial charge in [-0.3, -0.25) is 4.79 Å². The molecule has 1 aliphatic rings. The number of H-pyrrole nitrogens is 1. The zero-order chi connectivity index (χ0) is 19.8. The van der Waals surface area contributed by atoms with E-state index in [2.05, 4.69) is 31.2 Å². The fourth-order valence-electron chi connectivity index (χ4n) is 3.22. The Bertz CT molecular complexity index is 1220. The Labute approximate surface area is 175 Å². The summed E-state index contributed by atoms with van der Waals surface area (Å²) in [6, 6.07) is 18.7. The first-order valence-corrected chi connectivity index (χ1v) is 9.92. The van der Waals surface area contributed by atoms with E-state index < -0.39 is 0 Å². The van der Waals surface area contributed by atoms with E-state index in [1.165, 1.54) is 0 Å². The molecule has 3 aromatic carbocycles. The molecule has 0 saturated carbocycles. The molecule has 4 aromatic rings. The van der Waals surface area contributed by atoms with Gasteiger partial charge in [-0.2, -0.15) is 0 Å². The van der Waals surface area contributed by atoms with Crippen molar-refractivity contribution in [2.45, 2.75) is 0 Å². The number of halogens is 1. The van der Waals surface area contributed by atoms with Crippen LogP contribution < -0.4 is 14.8 Å². The first kappa shape index (κ1) is 17.8. The molecule has 0 atom stereocenters. The second kappa shape index (κ2) is 7.25. The highest BCUT2D eigenvalue weighted by Gasteiger charge is 2.15. The molecule has 0 aliphatic carbocycles. The highest BCUT2D eigenvalue weighted by molar-refractivity contribution is 9.10. The summed E-state index contributed by atoms with van der Waals surface area (Å²) in [5, 5.41) is 2.91. The molecule has 0 unspecified atom stereocenters. The number of amides is 1. The highest BCUT2D eigenvalue weighted by atomic mass is 79.9. The van der Waals surface area contributed by atoms with Crippen LogP contribution in [-0.2, 0) is 0 Å². The average Bonchev–Trinajstić information content (AvgIpc) is 3.17. The minimum absolute atomic E-state index is 0.205. The van der Waals surface area contributed by atoms with Crippen LogP contribution in [-0.4, -0.2) is 29.1 Å². The predicted octanol–water partition coefficient (Wildman–Crippen LogP) is 5.02. The fraction of sp³-hybridized carbons (Fsp3) is 0.0909. The van der Waals surface area contributed by atoms with Crippen molar-refractivity contribution in [2.75, 3.05) is 18.5 Å². The highest BCUT2D eigenvalue weighted by Crippen LogP contribution is 2.31. The number of carbonyl (C=O) groups is 1. The number of carbonyl (C=O) groups excluding carboxylic acids is 1. The van der Waals surface area contributed by atoms with Crippen LogP contribution in [0.2, 0.25) is 0 Å². The van der Waals surface area contributed by atoms with Crippen molar-refractivity contribution in [3.8, 4) is 22.9 Å². The van der Waals surface area contributed by atoms with Crippen molar-refractivity contribution in [2.24, 2.45) is 0 Å². The lowest BCUT2D eigenvalue weighted by atomic mass is 10.1. The van der Waals surface area contributed by atoms with Gasteiger partial charge < -0.3 is 19.8 Å². The van der Waals surface area contributed by atoms with Gasteiger partial charge in [-0.25, -0.2) is 4.98 Å². The van der Waals surface area contributed by atoms with Crippen LogP contribution in [0.3, 0.4) is 0 Å². The summed E-state index contributed by atoms with van der Waals surface area (Å²) in [5.74, 6) is 1.83. The molecule has 0 spiro atoms. The summed E-state index contributed by atoms with van der Waals surface area (Å²) < 4.78 is 12.0. The number of nitrogens with one attached hydrogen (secondary N) is 2. The molecule has 6 nitrogen and oxygen atoms in total. The van der Waals surface area contributed by atoms with Crippen LogP contribution in [0.5, 0.6) is 11.5 Å². The molecule has 144 valence electrons. The minimum atomic E-state index is -0.205. The topological polar surface area (TPSA) is 76.2 Å². The third kappa shape index (κ3) is 3.56. The number of aromatic nitrogens is 2. The van der Waals surface area contributed by atoms with Gasteiger partial charge in [0.05, 0.1) is 11.0 Å². The lowest BCUT2D eigenvalue weighted by Crippen LogP contribution is -2.17. The molecule has 0 radical (unpaired) electrons. The van der Waals surface area contributed by atoms with Gasteiger partial charge >= 0.3 is 0 Å². The number of hydrogen-bond donors (Lipinski definition) is 2. The second-order valence-electron chi connectivity index (χ2n) is 6.64. The Morgan fingerprint density at radius 3 is 2.59 bits per heavy atom. The second-order valence-corrected chi connectivity index (χ2v) is 7.55. The first-order chi connectivity index (χ1) is 14.2. The van der Waals surface area contributed by atoms with Crippen molar-refractivity contribution in [3.63, 3.8) is 0 Å². The number of ether oxygens (including phenoxy) is 2. The van der Waals surface area contributed by atoms with Crippen molar-refractivity contribution in [3.05, 3.63) is 70.7 Å². The smallest absolute Gasteiger partial charge is 0.255 e. The van der Waals surface area contributed by atoms with Crippen LogP contribution in [0.15, 0.2) is 65.1 Å². The number of nitrogens with zero attached hydrogens (tertiary/aromatic N) is 1. The van der Waals surface area contributed by atoms with E-state index in [9.17, 15) is 4.79 Å². The van der Waals surface area contributed by atoms with E-state index in [1.54, 1.807) is 18.2 Å². The van der Waals surface area contributed by atoms with Gasteiger partial charge in [0.15, 0.2) is 11.5 Å². The van der Waals surface area contributed by atoms with Crippen LogP contribution in [0.1, 0.15) is 10.4 Å². The van der Waals surface area contributed by atoms with Crippen LogP contribution in [0, 0.1) is 0 Å². The van der Waals surface area contributed by atoms with Gasteiger partial charge in [0.25, 0.3) is 5.91 Å². The molecule has 0 bridgehead atoms. The SMILES string of the molecule is O=C(Nc1ccc(-c2nc3ccc(Br)cc3[nH]2)cc1)c1ccc2c(c1)OCCO2. The number of fused-ring (bicyclic) bond motifs is 2. The van der Waals surface area contributed by atoms with Crippen molar-refractivity contribution >= 4 is 38.6 Å². The molecule has 1 aromatic heterocycles. The normalized spacial score (nSPS) is 12.7. The number of aromatic amines is 1. The molecule has 0 fully saturated rings. The molecule has 2 N–H and O–H groups in total. The van der Waals surface area contributed by atoms with E-state index in [1.807, 2.05) is 42.5 Å². The van der Waals surface area contributed by atoms with E-state index in [-0.39, 0.29) is 5.91 Å². The molecule has 0 saturated heterocycles. The Morgan fingerprint density at radius 1 is 0.966 bits per heavy atom. The van der Waals surface area contributed by atoms with Gasteiger partial charge in [0, 0.05) is 21.3 Å². The molecular weight excluding hydrogens is 434 g/mol. The quantitative estimate of drug-likeness (QED) is 0.460. The zero-order valence-electron chi connectivity index (χ0n) is 15.2. The number of rotatable bonds is 3. The lowest BCUT2D eigenvalue weighted by molar-refractivity contribution is 0.102. The van der Waals surface area contributed by atoms with Crippen molar-refractivity contribution in [1.29, 1.82) is 0 Å². The summed E-state index contributed by atoms with van der Waals surface area (Å²) in [4.78, 5) is 20.5. The van der Waals surface area contributed by atoms with E-state index in [4.69, 9.17) is 9.47 Å². The van der Waals surface area contributed by atoms with Crippen LogP contribution in [0.25, 0.3) is 22.4 Å². The van der Waals surface area contributed by atoms with Gasteiger partial charge in [-0.15, -0.1) is 0 Å².